The monoisotopic (exact) mass is 574 g/mol. The van der Waals surface area contributed by atoms with E-state index in [1.165, 1.54) is 16.9 Å². The van der Waals surface area contributed by atoms with E-state index in [4.69, 9.17) is 4.98 Å². The van der Waals surface area contributed by atoms with Crippen molar-refractivity contribution in [2.75, 3.05) is 5.43 Å². The number of nitrogens with zero attached hydrogens (tertiary/aromatic N) is 7. The standard InChI is InChI=1S/C25H19BrN8S2/c1-15-3-9-19(10-4-15)34-16(2)22(30-32-34)23-21(33-11-12-35-25(33)29-23)13-27-31-24-28-20(14-36-24)17-5-7-18(26)8-6-17/h3-14H,1-2H3,(H,28,31)/b27-13+. The zero-order valence-corrected chi connectivity index (χ0v) is 22.5. The van der Waals surface area contributed by atoms with Crippen molar-refractivity contribution in [3.05, 3.63) is 86.9 Å². The largest absolute Gasteiger partial charge is 0.289 e. The minimum absolute atomic E-state index is 0.707. The second kappa shape index (κ2) is 9.41. The van der Waals surface area contributed by atoms with E-state index in [1.807, 2.05) is 69.4 Å². The van der Waals surface area contributed by atoms with Crippen LogP contribution in [-0.2, 0) is 0 Å². The molecule has 0 unspecified atom stereocenters. The van der Waals surface area contributed by atoms with Gasteiger partial charge in [-0.1, -0.05) is 51.0 Å². The van der Waals surface area contributed by atoms with E-state index in [0.717, 1.165) is 49.2 Å². The number of aromatic nitrogens is 6. The van der Waals surface area contributed by atoms with E-state index < -0.39 is 0 Å². The first-order valence-corrected chi connectivity index (χ1v) is 13.6. The quantitative estimate of drug-likeness (QED) is 0.179. The molecule has 0 fully saturated rings. The van der Waals surface area contributed by atoms with Gasteiger partial charge in [0.15, 0.2) is 4.96 Å². The fraction of sp³-hybridized carbons (Fsp3) is 0.0800. The van der Waals surface area contributed by atoms with Crippen molar-refractivity contribution in [2.24, 2.45) is 5.10 Å². The first-order chi connectivity index (χ1) is 17.6. The third-order valence-electron chi connectivity index (χ3n) is 5.69. The Labute approximate surface area is 223 Å². The van der Waals surface area contributed by atoms with Crippen LogP contribution >= 0.6 is 38.6 Å². The molecule has 0 saturated carbocycles. The molecule has 0 radical (unpaired) electrons. The Balaban J connectivity index is 1.30. The minimum Gasteiger partial charge on any atom is -0.289 e. The smallest absolute Gasteiger partial charge is 0.203 e. The molecule has 178 valence electrons. The molecule has 0 saturated heterocycles. The molecule has 2 aromatic carbocycles. The predicted molar refractivity (Wildman–Crippen MR) is 149 cm³/mol. The normalized spacial score (nSPS) is 11.6. The lowest BCUT2D eigenvalue weighted by molar-refractivity contribution is 0.785. The van der Waals surface area contributed by atoms with Gasteiger partial charge in [-0.2, -0.15) is 5.10 Å². The van der Waals surface area contributed by atoms with Crippen LogP contribution in [0, 0.1) is 13.8 Å². The fourth-order valence-electron chi connectivity index (χ4n) is 3.81. The van der Waals surface area contributed by atoms with Gasteiger partial charge in [0.05, 0.1) is 29.0 Å². The summed E-state index contributed by atoms with van der Waals surface area (Å²) in [5.41, 5.74) is 10.4. The van der Waals surface area contributed by atoms with Gasteiger partial charge in [-0.15, -0.1) is 27.8 Å². The lowest BCUT2D eigenvalue weighted by Crippen LogP contribution is -1.99. The summed E-state index contributed by atoms with van der Waals surface area (Å²) in [5.74, 6) is 0. The highest BCUT2D eigenvalue weighted by Crippen LogP contribution is 2.29. The Hall–Kier alpha value is -3.67. The topological polar surface area (TPSA) is 85.3 Å². The van der Waals surface area contributed by atoms with E-state index in [2.05, 4.69) is 60.8 Å². The highest BCUT2D eigenvalue weighted by Gasteiger charge is 2.20. The molecule has 0 aliphatic heterocycles. The van der Waals surface area contributed by atoms with Crippen LogP contribution in [0.5, 0.6) is 0 Å². The van der Waals surface area contributed by atoms with E-state index in [1.54, 1.807) is 17.6 Å². The summed E-state index contributed by atoms with van der Waals surface area (Å²) in [6.07, 6.45) is 3.74. The molecule has 0 atom stereocenters. The summed E-state index contributed by atoms with van der Waals surface area (Å²) in [6, 6.07) is 16.3. The number of benzene rings is 2. The van der Waals surface area contributed by atoms with Gasteiger partial charge in [-0.25, -0.2) is 14.6 Å². The van der Waals surface area contributed by atoms with Crippen LogP contribution in [0.2, 0.25) is 0 Å². The molecule has 6 rings (SSSR count). The molecular formula is C25H19BrN8S2. The number of aryl methyl sites for hydroxylation is 1. The Morgan fingerprint density at radius 2 is 1.78 bits per heavy atom. The van der Waals surface area contributed by atoms with Crippen LogP contribution in [0.3, 0.4) is 0 Å². The van der Waals surface area contributed by atoms with Crippen molar-refractivity contribution < 1.29 is 0 Å². The molecule has 0 spiro atoms. The van der Waals surface area contributed by atoms with Gasteiger partial charge in [-0.3, -0.25) is 9.83 Å². The fourth-order valence-corrected chi connectivity index (χ4v) is 5.46. The Kier molecular flexibility index (Phi) is 5.96. The van der Waals surface area contributed by atoms with Crippen molar-refractivity contribution in [3.63, 3.8) is 0 Å². The number of nitrogens with one attached hydrogen (secondary N) is 1. The van der Waals surface area contributed by atoms with Gasteiger partial charge in [0, 0.05) is 27.0 Å². The number of anilines is 1. The van der Waals surface area contributed by atoms with Crippen LogP contribution in [0.25, 0.3) is 33.3 Å². The molecule has 1 N–H and O–H groups in total. The van der Waals surface area contributed by atoms with Gasteiger partial charge < -0.3 is 0 Å². The number of imidazole rings is 1. The molecule has 0 aliphatic rings. The maximum absolute atomic E-state index is 4.83. The van der Waals surface area contributed by atoms with Crippen molar-refractivity contribution in [3.8, 4) is 28.3 Å². The second-order valence-corrected chi connectivity index (χ2v) is 10.7. The third-order valence-corrected chi connectivity index (χ3v) is 7.72. The van der Waals surface area contributed by atoms with Crippen molar-refractivity contribution in [2.45, 2.75) is 13.8 Å². The van der Waals surface area contributed by atoms with Gasteiger partial charge >= 0.3 is 0 Å². The minimum atomic E-state index is 0.707. The van der Waals surface area contributed by atoms with Gasteiger partial charge in [-0.05, 0) is 38.1 Å². The summed E-state index contributed by atoms with van der Waals surface area (Å²) in [4.78, 5) is 10.3. The number of thiazole rings is 2. The van der Waals surface area contributed by atoms with Crippen molar-refractivity contribution >= 4 is 54.9 Å². The van der Waals surface area contributed by atoms with Crippen LogP contribution < -0.4 is 5.43 Å². The molecule has 36 heavy (non-hydrogen) atoms. The SMILES string of the molecule is Cc1ccc(-n2nnc(-c3nc4sccn4c3/C=N/Nc3nc(-c4ccc(Br)cc4)cs3)c2C)cc1. The summed E-state index contributed by atoms with van der Waals surface area (Å²) >= 11 is 6.53. The molecule has 4 heterocycles. The Bertz CT molecular complexity index is 1690. The Morgan fingerprint density at radius 1 is 0.972 bits per heavy atom. The summed E-state index contributed by atoms with van der Waals surface area (Å²) < 4.78 is 4.88. The second-order valence-electron chi connectivity index (χ2n) is 8.09. The third kappa shape index (κ3) is 4.25. The highest BCUT2D eigenvalue weighted by molar-refractivity contribution is 9.10. The van der Waals surface area contributed by atoms with E-state index in [-0.39, 0.29) is 0 Å². The molecular weight excluding hydrogens is 556 g/mol. The Morgan fingerprint density at radius 3 is 2.58 bits per heavy atom. The van der Waals surface area contributed by atoms with Crippen LogP contribution in [-0.4, -0.2) is 35.6 Å². The van der Waals surface area contributed by atoms with Gasteiger partial charge in [0.1, 0.15) is 11.4 Å². The van der Waals surface area contributed by atoms with Crippen molar-refractivity contribution in [1.82, 2.24) is 29.4 Å². The average molecular weight is 576 g/mol. The molecule has 11 heteroatoms. The lowest BCUT2D eigenvalue weighted by Gasteiger charge is -2.04. The van der Waals surface area contributed by atoms with Crippen LogP contribution in [0.4, 0.5) is 5.13 Å². The summed E-state index contributed by atoms with van der Waals surface area (Å²) in [7, 11) is 0. The lowest BCUT2D eigenvalue weighted by atomic mass is 10.2. The maximum atomic E-state index is 4.83. The number of halogens is 1. The van der Waals surface area contributed by atoms with Crippen LogP contribution in [0.15, 0.2) is 75.1 Å². The van der Waals surface area contributed by atoms with Crippen LogP contribution in [0.1, 0.15) is 17.0 Å². The highest BCUT2D eigenvalue weighted by atomic mass is 79.9. The number of hydrogen-bond acceptors (Lipinski definition) is 8. The predicted octanol–water partition coefficient (Wildman–Crippen LogP) is 6.59. The molecule has 6 aromatic rings. The maximum Gasteiger partial charge on any atom is 0.203 e. The molecule has 0 bridgehead atoms. The first kappa shape index (κ1) is 22.8. The number of rotatable bonds is 6. The molecule has 4 aromatic heterocycles. The zero-order valence-electron chi connectivity index (χ0n) is 19.3. The number of hydrazone groups is 1. The summed E-state index contributed by atoms with van der Waals surface area (Å²) in [6.45, 7) is 4.06. The van der Waals surface area contributed by atoms with E-state index >= 15 is 0 Å². The number of hydrogen-bond donors (Lipinski definition) is 1. The average Bonchev–Trinajstić information content (AvgIpc) is 3.66. The van der Waals surface area contributed by atoms with Gasteiger partial charge in [0.25, 0.3) is 0 Å². The first-order valence-electron chi connectivity index (χ1n) is 11.0. The summed E-state index contributed by atoms with van der Waals surface area (Å²) in [5, 5.41) is 18.1. The zero-order chi connectivity index (χ0) is 24.6. The van der Waals surface area contributed by atoms with E-state index in [9.17, 15) is 0 Å². The van der Waals surface area contributed by atoms with Crippen molar-refractivity contribution in [1.29, 1.82) is 0 Å². The number of fused-ring (bicyclic) bond motifs is 1. The molecule has 0 amide bonds. The molecule has 8 nitrogen and oxygen atoms in total. The van der Waals surface area contributed by atoms with E-state index in [0.29, 0.717) is 5.13 Å². The molecule has 0 aliphatic carbocycles. The van der Waals surface area contributed by atoms with Gasteiger partial charge in [0.2, 0.25) is 5.13 Å².